The van der Waals surface area contributed by atoms with Gasteiger partial charge in [-0.25, -0.2) is 0 Å². The van der Waals surface area contributed by atoms with Crippen LogP contribution >= 0.6 is 0 Å². The average molecular weight is 282 g/mol. The van der Waals surface area contributed by atoms with E-state index in [0.29, 0.717) is 38.5 Å². The molecule has 0 saturated carbocycles. The van der Waals surface area contributed by atoms with Crippen LogP contribution in [0.2, 0.25) is 0 Å². The van der Waals surface area contributed by atoms with Gasteiger partial charge >= 0.3 is 0 Å². The van der Waals surface area contributed by atoms with E-state index in [0.717, 1.165) is 18.5 Å². The van der Waals surface area contributed by atoms with E-state index in [2.05, 4.69) is 5.10 Å². The lowest BCUT2D eigenvalue weighted by atomic mass is 10.2. The molecular formula is C14H26N4O2. The van der Waals surface area contributed by atoms with Gasteiger partial charge in [0.15, 0.2) is 0 Å². The SMILES string of the molecule is CCc1cc(C(=O)N(CCCN)CCOC)n(CC)n1. The lowest BCUT2D eigenvalue weighted by molar-refractivity contribution is 0.0682. The van der Waals surface area contributed by atoms with Gasteiger partial charge in [0.25, 0.3) is 5.91 Å². The zero-order valence-electron chi connectivity index (χ0n) is 12.8. The van der Waals surface area contributed by atoms with Gasteiger partial charge in [-0.15, -0.1) is 0 Å². The van der Waals surface area contributed by atoms with Gasteiger partial charge in [0.2, 0.25) is 0 Å². The zero-order valence-corrected chi connectivity index (χ0v) is 12.8. The molecule has 0 bridgehead atoms. The predicted octanol–water partition coefficient (Wildman–Crippen LogP) is 0.903. The van der Waals surface area contributed by atoms with E-state index in [1.165, 1.54) is 0 Å². The molecule has 0 unspecified atom stereocenters. The standard InChI is InChI=1S/C14H26N4O2/c1-4-12-11-13(18(5-2)16-12)14(19)17(8-6-7-15)9-10-20-3/h11H,4-10,15H2,1-3H3. The molecule has 0 spiro atoms. The monoisotopic (exact) mass is 282 g/mol. The van der Waals surface area contributed by atoms with E-state index in [9.17, 15) is 4.79 Å². The Morgan fingerprint density at radius 2 is 2.20 bits per heavy atom. The Balaban J connectivity index is 2.88. The molecule has 0 fully saturated rings. The maximum atomic E-state index is 12.6. The Labute approximate surface area is 120 Å². The normalized spacial score (nSPS) is 10.8. The smallest absolute Gasteiger partial charge is 0.272 e. The second kappa shape index (κ2) is 8.71. The molecule has 114 valence electrons. The molecule has 6 nitrogen and oxygen atoms in total. The van der Waals surface area contributed by atoms with Gasteiger partial charge in [-0.05, 0) is 32.4 Å². The molecule has 0 radical (unpaired) electrons. The van der Waals surface area contributed by atoms with E-state index in [4.69, 9.17) is 10.5 Å². The summed E-state index contributed by atoms with van der Waals surface area (Å²) >= 11 is 0. The first-order valence-electron chi connectivity index (χ1n) is 7.22. The Bertz CT molecular complexity index is 409. The van der Waals surface area contributed by atoms with Gasteiger partial charge in [-0.2, -0.15) is 5.10 Å². The molecule has 0 saturated heterocycles. The first-order valence-corrected chi connectivity index (χ1v) is 7.22. The molecular weight excluding hydrogens is 256 g/mol. The molecule has 2 N–H and O–H groups in total. The number of aryl methyl sites for hydroxylation is 2. The van der Waals surface area contributed by atoms with Crippen LogP contribution in [0.25, 0.3) is 0 Å². The number of carbonyl (C=O) groups excluding carboxylic acids is 1. The Hall–Kier alpha value is -1.40. The number of carbonyl (C=O) groups is 1. The van der Waals surface area contributed by atoms with Gasteiger partial charge in [0.05, 0.1) is 12.3 Å². The van der Waals surface area contributed by atoms with Crippen molar-refractivity contribution in [2.75, 3.05) is 33.4 Å². The van der Waals surface area contributed by atoms with Crippen molar-refractivity contribution < 1.29 is 9.53 Å². The van der Waals surface area contributed by atoms with Crippen LogP contribution in [-0.2, 0) is 17.7 Å². The van der Waals surface area contributed by atoms with E-state index in [-0.39, 0.29) is 5.91 Å². The minimum Gasteiger partial charge on any atom is -0.383 e. The summed E-state index contributed by atoms with van der Waals surface area (Å²) in [6.07, 6.45) is 1.62. The number of hydrogen-bond donors (Lipinski definition) is 1. The molecule has 1 aromatic rings. The third-order valence-electron chi connectivity index (χ3n) is 3.20. The quantitative estimate of drug-likeness (QED) is 0.730. The van der Waals surface area contributed by atoms with Gasteiger partial charge in [0, 0.05) is 26.7 Å². The van der Waals surface area contributed by atoms with Crippen LogP contribution in [0.1, 0.15) is 36.5 Å². The van der Waals surface area contributed by atoms with Crippen LogP contribution < -0.4 is 5.73 Å². The molecule has 1 heterocycles. The number of aromatic nitrogens is 2. The molecule has 0 atom stereocenters. The summed E-state index contributed by atoms with van der Waals surface area (Å²) in [4.78, 5) is 14.4. The summed E-state index contributed by atoms with van der Waals surface area (Å²) in [7, 11) is 1.64. The van der Waals surface area contributed by atoms with Crippen LogP contribution in [0.15, 0.2) is 6.07 Å². The van der Waals surface area contributed by atoms with E-state index < -0.39 is 0 Å². The molecule has 0 aliphatic heterocycles. The van der Waals surface area contributed by atoms with Crippen LogP contribution in [0.5, 0.6) is 0 Å². The summed E-state index contributed by atoms with van der Waals surface area (Å²) in [5, 5.41) is 4.42. The summed E-state index contributed by atoms with van der Waals surface area (Å²) < 4.78 is 6.84. The highest BCUT2D eigenvalue weighted by molar-refractivity contribution is 5.92. The third-order valence-corrected chi connectivity index (χ3v) is 3.20. The van der Waals surface area contributed by atoms with Crippen LogP contribution in [0.4, 0.5) is 0 Å². The number of nitrogens with zero attached hydrogens (tertiary/aromatic N) is 3. The van der Waals surface area contributed by atoms with E-state index >= 15 is 0 Å². The second-order valence-corrected chi connectivity index (χ2v) is 4.62. The molecule has 20 heavy (non-hydrogen) atoms. The maximum absolute atomic E-state index is 12.6. The molecule has 0 aromatic carbocycles. The zero-order chi connectivity index (χ0) is 15.0. The highest BCUT2D eigenvalue weighted by Gasteiger charge is 2.20. The highest BCUT2D eigenvalue weighted by Crippen LogP contribution is 2.10. The Kier molecular flexibility index (Phi) is 7.25. The summed E-state index contributed by atoms with van der Waals surface area (Å²) in [5.74, 6) is 0.00421. The number of nitrogens with two attached hydrogens (primary N) is 1. The van der Waals surface area contributed by atoms with Gasteiger partial charge in [-0.3, -0.25) is 9.48 Å². The lowest BCUT2D eigenvalue weighted by Crippen LogP contribution is -2.36. The van der Waals surface area contributed by atoms with Crippen molar-refractivity contribution >= 4 is 5.91 Å². The van der Waals surface area contributed by atoms with Crippen LogP contribution in [0, 0.1) is 0 Å². The number of hydrogen-bond acceptors (Lipinski definition) is 4. The Morgan fingerprint density at radius 1 is 1.45 bits per heavy atom. The fourth-order valence-electron chi connectivity index (χ4n) is 2.02. The minimum absolute atomic E-state index is 0.00421. The molecule has 1 aromatic heterocycles. The van der Waals surface area contributed by atoms with Crippen molar-refractivity contribution in [3.63, 3.8) is 0 Å². The van der Waals surface area contributed by atoms with Gasteiger partial charge < -0.3 is 15.4 Å². The Morgan fingerprint density at radius 3 is 2.75 bits per heavy atom. The number of amides is 1. The largest absolute Gasteiger partial charge is 0.383 e. The summed E-state index contributed by atoms with van der Waals surface area (Å²) in [5.41, 5.74) is 7.13. The molecule has 1 rings (SSSR count). The lowest BCUT2D eigenvalue weighted by Gasteiger charge is -2.22. The van der Waals surface area contributed by atoms with Gasteiger partial charge in [0.1, 0.15) is 5.69 Å². The average Bonchev–Trinajstić information content (AvgIpc) is 2.90. The summed E-state index contributed by atoms with van der Waals surface area (Å²) in [6, 6.07) is 1.88. The molecule has 1 amide bonds. The highest BCUT2D eigenvalue weighted by atomic mass is 16.5. The van der Waals surface area contributed by atoms with Crippen molar-refractivity contribution in [1.82, 2.24) is 14.7 Å². The van der Waals surface area contributed by atoms with Gasteiger partial charge in [-0.1, -0.05) is 6.92 Å². The minimum atomic E-state index is 0.00421. The summed E-state index contributed by atoms with van der Waals surface area (Å²) in [6.45, 7) is 7.04. The fourth-order valence-corrected chi connectivity index (χ4v) is 2.02. The maximum Gasteiger partial charge on any atom is 0.272 e. The number of ether oxygens (including phenoxy) is 1. The van der Waals surface area contributed by atoms with Crippen LogP contribution in [-0.4, -0.2) is 53.9 Å². The number of methoxy groups -OCH3 is 1. The van der Waals surface area contributed by atoms with Crippen molar-refractivity contribution in [3.05, 3.63) is 17.5 Å². The van der Waals surface area contributed by atoms with Crippen molar-refractivity contribution in [2.24, 2.45) is 5.73 Å². The number of rotatable bonds is 9. The molecule has 0 aliphatic rings. The molecule has 6 heteroatoms. The first kappa shape index (κ1) is 16.7. The second-order valence-electron chi connectivity index (χ2n) is 4.62. The van der Waals surface area contributed by atoms with Crippen molar-refractivity contribution in [2.45, 2.75) is 33.2 Å². The van der Waals surface area contributed by atoms with Crippen LogP contribution in [0.3, 0.4) is 0 Å². The van der Waals surface area contributed by atoms with E-state index in [1.807, 2.05) is 19.9 Å². The molecule has 0 aliphatic carbocycles. The predicted molar refractivity (Wildman–Crippen MR) is 78.7 cm³/mol. The van der Waals surface area contributed by atoms with E-state index in [1.54, 1.807) is 16.7 Å². The topological polar surface area (TPSA) is 73.4 Å². The first-order chi connectivity index (χ1) is 9.67. The van der Waals surface area contributed by atoms with Crippen molar-refractivity contribution in [3.8, 4) is 0 Å². The third kappa shape index (κ3) is 4.31. The fraction of sp³-hybridized carbons (Fsp3) is 0.714. The van der Waals surface area contributed by atoms with Crippen molar-refractivity contribution in [1.29, 1.82) is 0 Å².